The van der Waals surface area contributed by atoms with Gasteiger partial charge in [0.2, 0.25) is 11.0 Å². The molecule has 3 N–H and O–H groups in total. The minimum Gasteiger partial charge on any atom is -0.481 e. The van der Waals surface area contributed by atoms with Gasteiger partial charge < -0.3 is 15.7 Å². The molecule has 106 valence electrons. The van der Waals surface area contributed by atoms with Crippen molar-refractivity contribution in [2.24, 2.45) is 0 Å². The van der Waals surface area contributed by atoms with Crippen molar-refractivity contribution >= 4 is 40.1 Å². The largest absolute Gasteiger partial charge is 0.481 e. The molecular formula is C10H16N4O3S2. The normalized spacial score (nSPS) is 10.2. The molecule has 0 fully saturated rings. The standard InChI is InChI=1S/C10H16N4O3S2/c1-2-4-11-7(15)3-5-12-9-13-14-10(19-9)18-6-8(16)17/h2-6H2,1H3,(H,11,15)(H,12,13)(H,16,17). The van der Waals surface area contributed by atoms with Gasteiger partial charge in [-0.25, -0.2) is 0 Å². The summed E-state index contributed by atoms with van der Waals surface area (Å²) in [5, 5.41) is 22.6. The maximum atomic E-state index is 11.3. The molecule has 0 saturated carbocycles. The van der Waals surface area contributed by atoms with Gasteiger partial charge in [-0.05, 0) is 6.42 Å². The molecule has 0 spiro atoms. The molecule has 0 radical (unpaired) electrons. The molecule has 0 saturated heterocycles. The molecule has 7 nitrogen and oxygen atoms in total. The van der Waals surface area contributed by atoms with Crippen LogP contribution in [0, 0.1) is 0 Å². The smallest absolute Gasteiger partial charge is 0.313 e. The monoisotopic (exact) mass is 304 g/mol. The van der Waals surface area contributed by atoms with Crippen LogP contribution in [0.2, 0.25) is 0 Å². The topological polar surface area (TPSA) is 104 Å². The molecule has 0 aliphatic heterocycles. The van der Waals surface area contributed by atoms with Crippen molar-refractivity contribution in [3.8, 4) is 0 Å². The van der Waals surface area contributed by atoms with Crippen molar-refractivity contribution in [1.29, 1.82) is 0 Å². The van der Waals surface area contributed by atoms with Crippen LogP contribution in [0.25, 0.3) is 0 Å². The minimum absolute atomic E-state index is 0.000610. The van der Waals surface area contributed by atoms with Gasteiger partial charge >= 0.3 is 5.97 Å². The predicted molar refractivity (Wildman–Crippen MR) is 74.7 cm³/mol. The van der Waals surface area contributed by atoms with E-state index in [0.29, 0.717) is 29.0 Å². The number of aliphatic carboxylic acids is 1. The van der Waals surface area contributed by atoms with Crippen LogP contribution in [0.4, 0.5) is 5.13 Å². The first kappa shape index (κ1) is 15.7. The molecule has 1 aromatic heterocycles. The Kier molecular flexibility index (Phi) is 7.19. The number of hydrogen-bond donors (Lipinski definition) is 3. The zero-order chi connectivity index (χ0) is 14.1. The van der Waals surface area contributed by atoms with Crippen molar-refractivity contribution in [3.63, 3.8) is 0 Å². The fraction of sp³-hybridized carbons (Fsp3) is 0.600. The molecule has 0 atom stereocenters. The van der Waals surface area contributed by atoms with Gasteiger partial charge in [0.1, 0.15) is 0 Å². The summed E-state index contributed by atoms with van der Waals surface area (Å²) in [4.78, 5) is 21.7. The number of nitrogens with zero attached hydrogens (tertiary/aromatic N) is 2. The third-order valence-corrected chi connectivity index (χ3v) is 3.93. The number of carboxylic acids is 1. The van der Waals surface area contributed by atoms with Gasteiger partial charge in [0.05, 0.1) is 5.75 Å². The Morgan fingerprint density at radius 2 is 2.16 bits per heavy atom. The number of thioether (sulfide) groups is 1. The summed E-state index contributed by atoms with van der Waals surface area (Å²) in [6.45, 7) is 3.16. The molecule has 0 aliphatic carbocycles. The quantitative estimate of drug-likeness (QED) is 0.586. The van der Waals surface area contributed by atoms with E-state index in [9.17, 15) is 9.59 Å². The van der Waals surface area contributed by atoms with Crippen LogP contribution >= 0.6 is 23.1 Å². The van der Waals surface area contributed by atoms with Crippen molar-refractivity contribution < 1.29 is 14.7 Å². The summed E-state index contributed by atoms with van der Waals surface area (Å²) in [6, 6.07) is 0. The molecule has 1 heterocycles. The Balaban J connectivity index is 2.22. The predicted octanol–water partition coefficient (Wildman–Crippen LogP) is 1.04. The SMILES string of the molecule is CCCNC(=O)CCNc1nnc(SCC(=O)O)s1. The number of amides is 1. The van der Waals surface area contributed by atoms with Gasteiger partial charge in [0.25, 0.3) is 0 Å². The minimum atomic E-state index is -0.887. The van der Waals surface area contributed by atoms with Crippen molar-refractivity contribution in [3.05, 3.63) is 0 Å². The van der Waals surface area contributed by atoms with Crippen LogP contribution < -0.4 is 10.6 Å². The summed E-state index contributed by atoms with van der Waals surface area (Å²) >= 11 is 2.41. The molecular weight excluding hydrogens is 288 g/mol. The highest BCUT2D eigenvalue weighted by Gasteiger charge is 2.07. The van der Waals surface area contributed by atoms with Crippen molar-refractivity contribution in [2.75, 3.05) is 24.2 Å². The van der Waals surface area contributed by atoms with Gasteiger partial charge in [-0.1, -0.05) is 30.0 Å². The molecule has 1 aromatic rings. The van der Waals surface area contributed by atoms with Crippen LogP contribution in [0.3, 0.4) is 0 Å². The lowest BCUT2D eigenvalue weighted by Gasteiger charge is -2.03. The lowest BCUT2D eigenvalue weighted by molar-refractivity contribution is -0.134. The van der Waals surface area contributed by atoms with E-state index in [1.165, 1.54) is 11.3 Å². The number of rotatable bonds is 9. The van der Waals surface area contributed by atoms with Crippen molar-refractivity contribution in [1.82, 2.24) is 15.5 Å². The van der Waals surface area contributed by atoms with E-state index in [4.69, 9.17) is 5.11 Å². The molecule has 0 aliphatic rings. The van der Waals surface area contributed by atoms with E-state index in [-0.39, 0.29) is 11.7 Å². The first-order valence-electron chi connectivity index (χ1n) is 5.80. The number of anilines is 1. The highest BCUT2D eigenvalue weighted by Crippen LogP contribution is 2.24. The van der Waals surface area contributed by atoms with Gasteiger partial charge in [-0.15, -0.1) is 10.2 Å². The number of carbonyl (C=O) groups excluding carboxylic acids is 1. The van der Waals surface area contributed by atoms with Crippen LogP contribution in [0.15, 0.2) is 4.34 Å². The highest BCUT2D eigenvalue weighted by atomic mass is 32.2. The summed E-state index contributed by atoms with van der Waals surface area (Å²) in [5.74, 6) is -0.921. The molecule has 19 heavy (non-hydrogen) atoms. The number of hydrogen-bond acceptors (Lipinski definition) is 7. The summed E-state index contributed by atoms with van der Waals surface area (Å²) in [7, 11) is 0. The van der Waals surface area contributed by atoms with Crippen molar-refractivity contribution in [2.45, 2.75) is 24.1 Å². The van der Waals surface area contributed by atoms with E-state index < -0.39 is 5.97 Å². The van der Waals surface area contributed by atoms with Gasteiger partial charge in [0, 0.05) is 19.5 Å². The fourth-order valence-corrected chi connectivity index (χ4v) is 2.60. The summed E-state index contributed by atoms with van der Waals surface area (Å²) in [5.41, 5.74) is 0. The van der Waals surface area contributed by atoms with Crippen LogP contribution in [-0.4, -0.2) is 46.0 Å². The molecule has 9 heteroatoms. The van der Waals surface area contributed by atoms with E-state index in [1.54, 1.807) is 0 Å². The first-order valence-corrected chi connectivity index (χ1v) is 7.60. The average Bonchev–Trinajstić information content (AvgIpc) is 2.82. The Morgan fingerprint density at radius 3 is 2.84 bits per heavy atom. The molecule has 1 rings (SSSR count). The second-order valence-electron chi connectivity index (χ2n) is 3.58. The summed E-state index contributed by atoms with van der Waals surface area (Å²) in [6.07, 6.45) is 1.29. The molecule has 0 unspecified atom stereocenters. The third kappa shape index (κ3) is 6.97. The maximum Gasteiger partial charge on any atom is 0.313 e. The number of carboxylic acid groups (broad SMARTS) is 1. The van der Waals surface area contributed by atoms with E-state index in [2.05, 4.69) is 20.8 Å². The second-order valence-corrected chi connectivity index (χ2v) is 5.78. The fourth-order valence-electron chi connectivity index (χ4n) is 1.10. The Labute approximate surface area is 119 Å². The average molecular weight is 304 g/mol. The molecule has 0 bridgehead atoms. The second kappa shape index (κ2) is 8.70. The first-order chi connectivity index (χ1) is 9.11. The lowest BCUT2D eigenvalue weighted by atomic mass is 10.4. The number of aromatic nitrogens is 2. The molecule has 0 aromatic carbocycles. The zero-order valence-corrected chi connectivity index (χ0v) is 12.1. The van der Waals surface area contributed by atoms with Crippen LogP contribution in [-0.2, 0) is 9.59 Å². The van der Waals surface area contributed by atoms with E-state index in [0.717, 1.165) is 18.2 Å². The van der Waals surface area contributed by atoms with E-state index in [1.807, 2.05) is 6.92 Å². The van der Waals surface area contributed by atoms with Gasteiger partial charge in [0.15, 0.2) is 4.34 Å². The number of carbonyl (C=O) groups is 2. The van der Waals surface area contributed by atoms with Crippen LogP contribution in [0.1, 0.15) is 19.8 Å². The Hall–Kier alpha value is -1.35. The highest BCUT2D eigenvalue weighted by molar-refractivity contribution is 8.01. The summed E-state index contributed by atoms with van der Waals surface area (Å²) < 4.78 is 0.598. The maximum absolute atomic E-state index is 11.3. The Morgan fingerprint density at radius 1 is 1.37 bits per heavy atom. The lowest BCUT2D eigenvalue weighted by Crippen LogP contribution is -2.25. The number of nitrogens with one attached hydrogen (secondary N) is 2. The van der Waals surface area contributed by atoms with E-state index >= 15 is 0 Å². The van der Waals surface area contributed by atoms with Gasteiger partial charge in [-0.3, -0.25) is 9.59 Å². The zero-order valence-electron chi connectivity index (χ0n) is 10.5. The molecule has 1 amide bonds. The Bertz CT molecular complexity index is 425. The van der Waals surface area contributed by atoms with Crippen LogP contribution in [0.5, 0.6) is 0 Å². The van der Waals surface area contributed by atoms with Gasteiger partial charge in [-0.2, -0.15) is 0 Å². The third-order valence-electron chi connectivity index (χ3n) is 1.93.